The third kappa shape index (κ3) is 1.87. The molecular formula is C19H31NO2. The molecule has 1 N–H and O–H groups in total. The first kappa shape index (κ1) is 15.0. The fourth-order valence-corrected chi connectivity index (χ4v) is 7.17. The van der Waals surface area contributed by atoms with E-state index in [0.717, 1.165) is 37.5 Å². The highest BCUT2D eigenvalue weighted by Gasteiger charge is 2.60. The molecule has 1 saturated heterocycles. The van der Waals surface area contributed by atoms with Gasteiger partial charge in [0, 0.05) is 19.5 Å². The minimum absolute atomic E-state index is 0.0742. The molecule has 0 bridgehead atoms. The number of hydrogen-bond donors (Lipinski definition) is 1. The zero-order valence-corrected chi connectivity index (χ0v) is 14.3. The summed E-state index contributed by atoms with van der Waals surface area (Å²) in [5.41, 5.74) is 0.681. The molecule has 4 aliphatic rings. The highest BCUT2D eigenvalue weighted by atomic mass is 16.3. The Morgan fingerprint density at radius 3 is 2.68 bits per heavy atom. The summed E-state index contributed by atoms with van der Waals surface area (Å²) in [5, 5.41) is 10.2. The normalized spacial score (nSPS) is 54.6. The van der Waals surface area contributed by atoms with Gasteiger partial charge >= 0.3 is 0 Å². The van der Waals surface area contributed by atoms with E-state index in [4.69, 9.17) is 0 Å². The van der Waals surface area contributed by atoms with Gasteiger partial charge < -0.3 is 10.0 Å². The molecule has 1 amide bonds. The molecular weight excluding hydrogens is 274 g/mol. The Hall–Kier alpha value is -0.570. The monoisotopic (exact) mass is 305 g/mol. The van der Waals surface area contributed by atoms with E-state index in [9.17, 15) is 9.90 Å². The Kier molecular flexibility index (Phi) is 3.21. The molecule has 1 heterocycles. The highest BCUT2D eigenvalue weighted by molar-refractivity contribution is 5.77. The highest BCUT2D eigenvalue weighted by Crippen LogP contribution is 2.64. The van der Waals surface area contributed by atoms with Gasteiger partial charge in [-0.15, -0.1) is 0 Å². The molecule has 3 nitrogen and oxygen atoms in total. The van der Waals surface area contributed by atoms with Gasteiger partial charge in [-0.05, 0) is 73.5 Å². The molecule has 4 fully saturated rings. The van der Waals surface area contributed by atoms with Gasteiger partial charge in [0.2, 0.25) is 5.91 Å². The minimum Gasteiger partial charge on any atom is -0.393 e. The molecule has 3 heteroatoms. The van der Waals surface area contributed by atoms with E-state index in [1.807, 2.05) is 7.05 Å². The van der Waals surface area contributed by atoms with Crippen molar-refractivity contribution >= 4 is 5.91 Å². The Balaban J connectivity index is 1.65. The number of rotatable bonds is 0. The number of nitrogens with zero attached hydrogens (tertiary/aromatic N) is 1. The van der Waals surface area contributed by atoms with Gasteiger partial charge in [-0.2, -0.15) is 0 Å². The third-order valence-corrected chi connectivity index (χ3v) is 8.30. The smallest absolute Gasteiger partial charge is 0.222 e. The predicted octanol–water partition coefficient (Wildman–Crippen LogP) is 3.21. The van der Waals surface area contributed by atoms with Crippen molar-refractivity contribution in [2.24, 2.45) is 28.6 Å². The van der Waals surface area contributed by atoms with Gasteiger partial charge in [-0.3, -0.25) is 4.79 Å². The average molecular weight is 305 g/mol. The van der Waals surface area contributed by atoms with Gasteiger partial charge in [0.05, 0.1) is 6.10 Å². The maximum absolute atomic E-state index is 12.1. The molecule has 7 atom stereocenters. The second-order valence-corrected chi connectivity index (χ2v) is 9.27. The van der Waals surface area contributed by atoms with Crippen LogP contribution in [-0.2, 0) is 4.79 Å². The molecule has 124 valence electrons. The topological polar surface area (TPSA) is 40.5 Å². The number of fused-ring (bicyclic) bond motifs is 5. The Labute approximate surface area is 134 Å². The molecule has 4 rings (SSSR count). The minimum atomic E-state index is -0.0742. The van der Waals surface area contributed by atoms with E-state index >= 15 is 0 Å². The van der Waals surface area contributed by atoms with Crippen LogP contribution in [0.2, 0.25) is 0 Å². The zero-order chi connectivity index (χ0) is 15.7. The van der Waals surface area contributed by atoms with Crippen molar-refractivity contribution in [3.63, 3.8) is 0 Å². The Morgan fingerprint density at radius 1 is 1.14 bits per heavy atom. The van der Waals surface area contributed by atoms with E-state index in [1.54, 1.807) is 0 Å². The van der Waals surface area contributed by atoms with Crippen LogP contribution in [0.25, 0.3) is 0 Å². The van der Waals surface area contributed by atoms with Gasteiger partial charge in [-0.1, -0.05) is 13.8 Å². The molecule has 0 aromatic heterocycles. The van der Waals surface area contributed by atoms with Crippen LogP contribution >= 0.6 is 0 Å². The van der Waals surface area contributed by atoms with Gasteiger partial charge in [-0.25, -0.2) is 0 Å². The number of amides is 1. The van der Waals surface area contributed by atoms with Crippen LogP contribution in [0.1, 0.15) is 65.2 Å². The summed E-state index contributed by atoms with van der Waals surface area (Å²) >= 11 is 0. The summed E-state index contributed by atoms with van der Waals surface area (Å²) < 4.78 is 0. The standard InChI is InChI=1S/C19H31NO2/c1-18-8-6-14-13(15(18)10-12(21)11-18)4-5-16-19(14,2)9-7-17(22)20(16)3/h12-16,21H,4-11H2,1-3H3/t12-,13?,14?,15?,16?,18?,19-/m1/s1. The van der Waals surface area contributed by atoms with Gasteiger partial charge in [0.25, 0.3) is 0 Å². The first-order valence-corrected chi connectivity index (χ1v) is 9.29. The van der Waals surface area contributed by atoms with Crippen molar-refractivity contribution in [1.82, 2.24) is 4.90 Å². The summed E-state index contributed by atoms with van der Waals surface area (Å²) in [6, 6.07) is 0.450. The third-order valence-electron chi connectivity index (χ3n) is 8.30. The largest absolute Gasteiger partial charge is 0.393 e. The van der Waals surface area contributed by atoms with Crippen molar-refractivity contribution in [2.45, 2.75) is 77.4 Å². The van der Waals surface area contributed by atoms with E-state index in [1.165, 1.54) is 25.7 Å². The van der Waals surface area contributed by atoms with Crippen molar-refractivity contribution in [3.05, 3.63) is 0 Å². The lowest BCUT2D eigenvalue weighted by atomic mass is 9.47. The van der Waals surface area contributed by atoms with Crippen LogP contribution < -0.4 is 0 Å². The Bertz CT molecular complexity index is 492. The average Bonchev–Trinajstić information content (AvgIpc) is 2.78. The molecule has 1 aliphatic heterocycles. The summed E-state index contributed by atoms with van der Waals surface area (Å²) in [6.45, 7) is 4.89. The first-order valence-electron chi connectivity index (χ1n) is 9.29. The zero-order valence-electron chi connectivity index (χ0n) is 14.3. The molecule has 0 radical (unpaired) electrons. The number of aliphatic hydroxyl groups excluding tert-OH is 1. The molecule has 3 aliphatic carbocycles. The fraction of sp³-hybridized carbons (Fsp3) is 0.947. The SMILES string of the molecule is CN1C(=O)CC[C@]2(C)C3CCC4(C)C[C@H](O)CC4C3CCC12. The van der Waals surface area contributed by atoms with Crippen molar-refractivity contribution in [3.8, 4) is 0 Å². The number of piperidine rings is 1. The maximum atomic E-state index is 12.1. The second-order valence-electron chi connectivity index (χ2n) is 9.27. The van der Waals surface area contributed by atoms with Crippen LogP contribution in [0, 0.1) is 28.6 Å². The van der Waals surface area contributed by atoms with Crippen LogP contribution in [-0.4, -0.2) is 35.1 Å². The second kappa shape index (κ2) is 4.72. The molecule has 3 saturated carbocycles. The lowest BCUT2D eigenvalue weighted by molar-refractivity contribution is -0.156. The summed E-state index contributed by atoms with van der Waals surface area (Å²) in [7, 11) is 2.02. The number of hydrogen-bond acceptors (Lipinski definition) is 2. The van der Waals surface area contributed by atoms with E-state index in [0.29, 0.717) is 28.7 Å². The molecule has 0 spiro atoms. The van der Waals surface area contributed by atoms with Crippen molar-refractivity contribution < 1.29 is 9.90 Å². The Morgan fingerprint density at radius 2 is 1.91 bits per heavy atom. The first-order chi connectivity index (χ1) is 10.3. The summed E-state index contributed by atoms with van der Waals surface area (Å²) in [4.78, 5) is 14.2. The fourth-order valence-electron chi connectivity index (χ4n) is 7.17. The van der Waals surface area contributed by atoms with E-state index in [-0.39, 0.29) is 6.10 Å². The van der Waals surface area contributed by atoms with Crippen molar-refractivity contribution in [1.29, 1.82) is 0 Å². The molecule has 0 aromatic carbocycles. The summed E-state index contributed by atoms with van der Waals surface area (Å²) in [6.07, 6.45) is 8.78. The van der Waals surface area contributed by atoms with E-state index < -0.39 is 0 Å². The molecule has 5 unspecified atom stereocenters. The van der Waals surface area contributed by atoms with Crippen LogP contribution in [0.15, 0.2) is 0 Å². The number of carbonyl (C=O) groups is 1. The van der Waals surface area contributed by atoms with E-state index in [2.05, 4.69) is 18.7 Å². The predicted molar refractivity (Wildman–Crippen MR) is 86.2 cm³/mol. The van der Waals surface area contributed by atoms with Crippen LogP contribution in [0.3, 0.4) is 0 Å². The van der Waals surface area contributed by atoms with Gasteiger partial charge in [0.1, 0.15) is 0 Å². The quantitative estimate of drug-likeness (QED) is 0.746. The molecule has 0 aromatic rings. The summed E-state index contributed by atoms with van der Waals surface area (Å²) in [5.74, 6) is 2.59. The number of aliphatic hydroxyl groups is 1. The van der Waals surface area contributed by atoms with Crippen LogP contribution in [0.5, 0.6) is 0 Å². The van der Waals surface area contributed by atoms with Crippen LogP contribution in [0.4, 0.5) is 0 Å². The number of likely N-dealkylation sites (tertiary alicyclic amines) is 1. The molecule has 22 heavy (non-hydrogen) atoms. The maximum Gasteiger partial charge on any atom is 0.222 e. The van der Waals surface area contributed by atoms with Gasteiger partial charge in [0.15, 0.2) is 0 Å². The lowest BCUT2D eigenvalue weighted by Crippen LogP contribution is -2.61. The van der Waals surface area contributed by atoms with Crippen molar-refractivity contribution in [2.75, 3.05) is 7.05 Å². The number of carbonyl (C=O) groups excluding carboxylic acids is 1. The lowest BCUT2D eigenvalue weighted by Gasteiger charge is -2.61.